The Balaban J connectivity index is 1.74. The quantitative estimate of drug-likeness (QED) is 0.651. The van der Waals surface area contributed by atoms with Crippen LogP contribution in [0.25, 0.3) is 0 Å². The van der Waals surface area contributed by atoms with Crippen molar-refractivity contribution in [1.29, 1.82) is 0 Å². The van der Waals surface area contributed by atoms with E-state index in [0.717, 1.165) is 0 Å². The van der Waals surface area contributed by atoms with Gasteiger partial charge in [0.2, 0.25) is 0 Å². The van der Waals surface area contributed by atoms with Gasteiger partial charge >= 0.3 is 0 Å². The Morgan fingerprint density at radius 1 is 0.964 bits per heavy atom. The maximum absolute atomic E-state index is 12.4. The molecule has 1 heterocycles. The number of amides is 1. The molecule has 0 aliphatic carbocycles. The van der Waals surface area contributed by atoms with Crippen LogP contribution < -0.4 is 14.8 Å². The number of rotatable bonds is 7. The van der Waals surface area contributed by atoms with Gasteiger partial charge in [-0.25, -0.2) is 8.42 Å². The van der Waals surface area contributed by atoms with Gasteiger partial charge in [0.1, 0.15) is 23.0 Å². The highest BCUT2D eigenvalue weighted by Gasteiger charge is 2.19. The van der Waals surface area contributed by atoms with Crippen molar-refractivity contribution in [2.24, 2.45) is 0 Å². The summed E-state index contributed by atoms with van der Waals surface area (Å²) in [4.78, 5) is 12.6. The number of hydrogen-bond donors (Lipinski definition) is 1. The number of carbonyl (C=O) groups is 1. The van der Waals surface area contributed by atoms with Crippen LogP contribution in [0, 0.1) is 0 Å². The second-order valence-electron chi connectivity index (χ2n) is 5.89. The van der Waals surface area contributed by atoms with Crippen molar-refractivity contribution < 1.29 is 27.1 Å². The number of ether oxygens (including phenoxy) is 2. The second-order valence-corrected chi connectivity index (χ2v) is 7.88. The molecule has 8 heteroatoms. The normalized spacial score (nSPS) is 11.1. The van der Waals surface area contributed by atoms with E-state index in [2.05, 4.69) is 5.32 Å². The average molecular weight is 401 g/mol. The zero-order chi connectivity index (χ0) is 20.1. The van der Waals surface area contributed by atoms with Crippen LogP contribution in [0.2, 0.25) is 0 Å². The lowest BCUT2D eigenvalue weighted by Gasteiger charge is -2.09. The SMILES string of the molecule is COc1cc(NC(=O)c2ccc(CS(=O)(=O)c3ccccc3)o2)cc(OC)c1. The van der Waals surface area contributed by atoms with E-state index in [1.807, 2.05) is 0 Å². The molecule has 0 atom stereocenters. The van der Waals surface area contributed by atoms with Crippen molar-refractivity contribution in [3.05, 3.63) is 72.2 Å². The smallest absolute Gasteiger partial charge is 0.291 e. The summed E-state index contributed by atoms with van der Waals surface area (Å²) in [5.41, 5.74) is 0.455. The minimum absolute atomic E-state index is 0.0000448. The van der Waals surface area contributed by atoms with Crippen molar-refractivity contribution in [1.82, 2.24) is 0 Å². The third kappa shape index (κ3) is 4.52. The molecule has 3 aromatic rings. The first kappa shape index (κ1) is 19.5. The van der Waals surface area contributed by atoms with Crippen LogP contribution in [0.15, 0.2) is 70.0 Å². The van der Waals surface area contributed by atoms with E-state index in [9.17, 15) is 13.2 Å². The summed E-state index contributed by atoms with van der Waals surface area (Å²) in [5, 5.41) is 2.67. The average Bonchev–Trinajstić information content (AvgIpc) is 3.16. The van der Waals surface area contributed by atoms with Gasteiger partial charge in [0.05, 0.1) is 19.1 Å². The van der Waals surface area contributed by atoms with Gasteiger partial charge in [0.15, 0.2) is 15.6 Å². The summed E-state index contributed by atoms with van der Waals surface area (Å²) in [5.74, 6) is 0.362. The number of nitrogens with one attached hydrogen (secondary N) is 1. The fourth-order valence-electron chi connectivity index (χ4n) is 2.55. The van der Waals surface area contributed by atoms with Gasteiger partial charge < -0.3 is 19.2 Å². The molecule has 0 unspecified atom stereocenters. The molecule has 0 aliphatic rings. The molecule has 0 saturated heterocycles. The van der Waals surface area contributed by atoms with Gasteiger partial charge in [0, 0.05) is 23.9 Å². The van der Waals surface area contributed by atoms with Crippen molar-refractivity contribution in [3.8, 4) is 11.5 Å². The summed E-state index contributed by atoms with van der Waals surface area (Å²) >= 11 is 0. The molecule has 7 nitrogen and oxygen atoms in total. The molecular weight excluding hydrogens is 382 g/mol. The summed E-state index contributed by atoms with van der Waals surface area (Å²) < 4.78 is 40.6. The number of methoxy groups -OCH3 is 2. The summed E-state index contributed by atoms with van der Waals surface area (Å²) in [6, 6.07) is 15.9. The molecule has 0 saturated carbocycles. The first-order valence-electron chi connectivity index (χ1n) is 8.32. The molecule has 2 aromatic carbocycles. The van der Waals surface area contributed by atoms with Crippen LogP contribution in [0.1, 0.15) is 16.3 Å². The van der Waals surface area contributed by atoms with Crippen LogP contribution in [-0.4, -0.2) is 28.5 Å². The minimum atomic E-state index is -3.56. The van der Waals surface area contributed by atoms with Gasteiger partial charge in [0.25, 0.3) is 5.91 Å². The Hall–Kier alpha value is -3.26. The topological polar surface area (TPSA) is 94.8 Å². The van der Waals surface area contributed by atoms with Gasteiger partial charge in [-0.05, 0) is 24.3 Å². The Kier molecular flexibility index (Phi) is 5.70. The van der Waals surface area contributed by atoms with Gasteiger partial charge in [-0.15, -0.1) is 0 Å². The highest BCUT2D eigenvalue weighted by Crippen LogP contribution is 2.26. The van der Waals surface area contributed by atoms with E-state index >= 15 is 0 Å². The van der Waals surface area contributed by atoms with Crippen molar-refractivity contribution in [3.63, 3.8) is 0 Å². The summed E-state index contributed by atoms with van der Waals surface area (Å²) in [7, 11) is -0.549. The molecule has 28 heavy (non-hydrogen) atoms. The number of sulfone groups is 1. The molecule has 0 spiro atoms. The lowest BCUT2D eigenvalue weighted by molar-refractivity contribution is 0.0995. The predicted molar refractivity (Wildman–Crippen MR) is 104 cm³/mol. The fraction of sp³-hybridized carbons (Fsp3) is 0.150. The maximum Gasteiger partial charge on any atom is 0.291 e. The van der Waals surface area contributed by atoms with Crippen LogP contribution in [-0.2, 0) is 15.6 Å². The largest absolute Gasteiger partial charge is 0.497 e. The van der Waals surface area contributed by atoms with Gasteiger partial charge in [-0.2, -0.15) is 0 Å². The first-order valence-corrected chi connectivity index (χ1v) is 9.97. The molecule has 3 rings (SSSR count). The number of carbonyl (C=O) groups excluding carboxylic acids is 1. The van der Waals surface area contributed by atoms with Crippen molar-refractivity contribution in [2.45, 2.75) is 10.6 Å². The Bertz CT molecular complexity index is 1050. The number of hydrogen-bond acceptors (Lipinski definition) is 6. The molecule has 0 bridgehead atoms. The first-order chi connectivity index (χ1) is 13.4. The van der Waals surface area contributed by atoms with E-state index in [1.54, 1.807) is 36.4 Å². The number of anilines is 1. The molecule has 0 aliphatic heterocycles. The fourth-order valence-corrected chi connectivity index (χ4v) is 3.82. The monoisotopic (exact) mass is 401 g/mol. The van der Waals surface area contributed by atoms with E-state index in [1.165, 1.54) is 38.5 Å². The zero-order valence-corrected chi connectivity index (χ0v) is 16.2. The third-order valence-electron chi connectivity index (χ3n) is 3.93. The van der Waals surface area contributed by atoms with E-state index in [4.69, 9.17) is 13.9 Å². The third-order valence-corrected chi connectivity index (χ3v) is 5.58. The Morgan fingerprint density at radius 3 is 2.21 bits per heavy atom. The molecule has 1 aromatic heterocycles. The minimum Gasteiger partial charge on any atom is -0.497 e. The van der Waals surface area contributed by atoms with Crippen molar-refractivity contribution >= 4 is 21.4 Å². The summed E-state index contributed by atoms with van der Waals surface area (Å²) in [6.45, 7) is 0. The van der Waals surface area contributed by atoms with Crippen LogP contribution >= 0.6 is 0 Å². The Labute approximate surface area is 162 Å². The second kappa shape index (κ2) is 8.18. The lowest BCUT2D eigenvalue weighted by atomic mass is 10.2. The van der Waals surface area contributed by atoms with E-state index in [0.29, 0.717) is 17.2 Å². The molecule has 0 fully saturated rings. The standard InChI is InChI=1S/C20H19NO6S/c1-25-16-10-14(11-17(12-16)26-2)21-20(22)19-9-8-15(27-19)13-28(23,24)18-6-4-3-5-7-18/h3-12H,13H2,1-2H3,(H,21,22). The van der Waals surface area contributed by atoms with Crippen LogP contribution in [0.4, 0.5) is 5.69 Å². The Morgan fingerprint density at radius 2 is 1.61 bits per heavy atom. The maximum atomic E-state index is 12.4. The number of benzene rings is 2. The lowest BCUT2D eigenvalue weighted by Crippen LogP contribution is -2.11. The van der Waals surface area contributed by atoms with Crippen molar-refractivity contribution in [2.75, 3.05) is 19.5 Å². The van der Waals surface area contributed by atoms with Gasteiger partial charge in [-0.3, -0.25) is 4.79 Å². The molecule has 1 amide bonds. The molecule has 1 N–H and O–H groups in total. The molecule has 0 radical (unpaired) electrons. The van der Waals surface area contributed by atoms with E-state index in [-0.39, 0.29) is 22.2 Å². The highest BCUT2D eigenvalue weighted by atomic mass is 32.2. The zero-order valence-electron chi connectivity index (χ0n) is 15.3. The predicted octanol–water partition coefficient (Wildman–Crippen LogP) is 3.52. The summed E-state index contributed by atoms with van der Waals surface area (Å²) in [6.07, 6.45) is 0. The van der Waals surface area contributed by atoms with E-state index < -0.39 is 15.7 Å². The van der Waals surface area contributed by atoms with Crippen LogP contribution in [0.5, 0.6) is 11.5 Å². The number of furan rings is 1. The highest BCUT2D eigenvalue weighted by molar-refractivity contribution is 7.90. The molecule has 146 valence electrons. The molecular formula is C20H19NO6S. The van der Waals surface area contributed by atoms with Gasteiger partial charge in [-0.1, -0.05) is 18.2 Å². The van der Waals surface area contributed by atoms with Crippen LogP contribution in [0.3, 0.4) is 0 Å².